The zero-order chi connectivity index (χ0) is 17.6. The third-order valence-corrected chi connectivity index (χ3v) is 6.00. The molecule has 3 aromatic rings. The molecule has 0 amide bonds. The zero-order valence-electron chi connectivity index (χ0n) is 13.2. The number of Topliss-reactive ketones (excluding diaryl/α,β-unsaturated/α-hetero) is 1. The van der Waals surface area contributed by atoms with Gasteiger partial charge in [0, 0.05) is 9.99 Å². The number of phenols is 1. The Kier molecular flexibility index (Phi) is 4.58. The van der Waals surface area contributed by atoms with Crippen molar-refractivity contribution in [3.8, 4) is 16.9 Å². The summed E-state index contributed by atoms with van der Waals surface area (Å²) in [6, 6.07) is 18.3. The number of carbonyl (C=O) groups is 1. The highest BCUT2D eigenvalue weighted by atomic mass is 127. The van der Waals surface area contributed by atoms with Crippen molar-refractivity contribution in [3.63, 3.8) is 0 Å². The number of ketones is 1. The van der Waals surface area contributed by atoms with Crippen molar-refractivity contribution in [1.82, 2.24) is 0 Å². The van der Waals surface area contributed by atoms with Crippen molar-refractivity contribution in [2.24, 2.45) is 0 Å². The highest BCUT2D eigenvalue weighted by Gasteiger charge is 2.20. The lowest BCUT2D eigenvalue weighted by Gasteiger charge is -2.08. The number of fused-ring (bicyclic) bond motifs is 3. The Balaban J connectivity index is 1.63. The van der Waals surface area contributed by atoms with Gasteiger partial charge in [0.05, 0.1) is 9.13 Å². The number of hydrogen-bond acceptors (Lipinski definition) is 2. The normalized spacial score (nSPS) is 11.9. The second kappa shape index (κ2) is 6.72. The third kappa shape index (κ3) is 3.21. The van der Waals surface area contributed by atoms with Crippen LogP contribution in [0.25, 0.3) is 11.1 Å². The number of carbonyl (C=O) groups excluding carboxylic acids is 1. The quantitative estimate of drug-likeness (QED) is 0.266. The van der Waals surface area contributed by atoms with Crippen LogP contribution in [0.2, 0.25) is 0 Å². The predicted octanol–water partition coefficient (Wildman–Crippen LogP) is 5.60. The predicted molar refractivity (Wildman–Crippen MR) is 116 cm³/mol. The molecule has 2 nitrogen and oxygen atoms in total. The van der Waals surface area contributed by atoms with E-state index in [1.54, 1.807) is 6.07 Å². The topological polar surface area (TPSA) is 37.3 Å². The molecule has 1 aliphatic rings. The monoisotopic (exact) mass is 552 g/mol. The number of rotatable bonds is 3. The molecule has 3 aromatic carbocycles. The van der Waals surface area contributed by atoms with Gasteiger partial charge in [-0.25, -0.2) is 0 Å². The largest absolute Gasteiger partial charge is 0.506 e. The molecule has 0 saturated heterocycles. The summed E-state index contributed by atoms with van der Waals surface area (Å²) in [5.41, 5.74) is 6.56. The maximum absolute atomic E-state index is 12.7. The van der Waals surface area contributed by atoms with Gasteiger partial charge in [0.2, 0.25) is 0 Å². The summed E-state index contributed by atoms with van der Waals surface area (Å²) in [4.78, 5) is 12.7. The van der Waals surface area contributed by atoms with Gasteiger partial charge in [0.25, 0.3) is 0 Å². The molecular formula is C21H14I2O2. The lowest BCUT2D eigenvalue weighted by molar-refractivity contribution is 0.0990. The first-order chi connectivity index (χ1) is 12.0. The number of phenolic OH excluding ortho intramolecular Hbond substituents is 1. The van der Waals surface area contributed by atoms with E-state index in [4.69, 9.17) is 0 Å². The Morgan fingerprint density at radius 3 is 2.56 bits per heavy atom. The molecule has 0 fully saturated rings. The molecule has 0 unspecified atom stereocenters. The van der Waals surface area contributed by atoms with Gasteiger partial charge in [0.15, 0.2) is 5.78 Å². The second-order valence-corrected chi connectivity index (χ2v) is 8.62. The van der Waals surface area contributed by atoms with Crippen molar-refractivity contribution >= 4 is 51.0 Å². The fourth-order valence-electron chi connectivity index (χ4n) is 3.37. The van der Waals surface area contributed by atoms with Crippen molar-refractivity contribution in [2.45, 2.75) is 12.8 Å². The van der Waals surface area contributed by atoms with Gasteiger partial charge in [0.1, 0.15) is 5.75 Å². The van der Waals surface area contributed by atoms with Crippen LogP contribution >= 0.6 is 45.2 Å². The van der Waals surface area contributed by atoms with Gasteiger partial charge < -0.3 is 5.11 Å². The summed E-state index contributed by atoms with van der Waals surface area (Å²) in [6.07, 6.45) is 1.22. The number of hydrogen-bond donors (Lipinski definition) is 1. The summed E-state index contributed by atoms with van der Waals surface area (Å²) in [5.74, 6) is 0.0315. The molecule has 1 N–H and O–H groups in total. The first-order valence-electron chi connectivity index (χ1n) is 7.94. The minimum absolute atomic E-state index is 0.0515. The van der Waals surface area contributed by atoms with Crippen LogP contribution in [0.15, 0.2) is 54.6 Å². The maximum atomic E-state index is 12.7. The van der Waals surface area contributed by atoms with E-state index in [1.807, 2.05) is 12.1 Å². The first-order valence-corrected chi connectivity index (χ1v) is 10.1. The molecule has 4 rings (SSSR count). The Morgan fingerprint density at radius 1 is 0.960 bits per heavy atom. The standard InChI is InChI=1S/C21H14I2O2/c22-15-10-18(21(25)19(23)11-15)20(24)8-12-5-6-17-14(7-12)9-13-3-1-2-4-16(13)17/h1-7,10-11,25H,8-9H2. The van der Waals surface area contributed by atoms with Gasteiger partial charge in [-0.3, -0.25) is 4.79 Å². The van der Waals surface area contributed by atoms with E-state index in [1.165, 1.54) is 22.3 Å². The van der Waals surface area contributed by atoms with Crippen LogP contribution < -0.4 is 0 Å². The summed E-state index contributed by atoms with van der Waals surface area (Å²) in [6.45, 7) is 0. The Bertz CT molecular complexity index is 1010. The average Bonchev–Trinajstić information content (AvgIpc) is 2.95. The summed E-state index contributed by atoms with van der Waals surface area (Å²) in [5, 5.41) is 10.2. The molecule has 0 heterocycles. The van der Waals surface area contributed by atoms with E-state index in [-0.39, 0.29) is 11.5 Å². The summed E-state index contributed by atoms with van der Waals surface area (Å²) in [7, 11) is 0. The smallest absolute Gasteiger partial charge is 0.171 e. The number of benzene rings is 3. The van der Waals surface area contributed by atoms with Gasteiger partial charge >= 0.3 is 0 Å². The fraction of sp³-hybridized carbons (Fsp3) is 0.0952. The average molecular weight is 552 g/mol. The molecule has 4 heteroatoms. The van der Waals surface area contributed by atoms with Crippen LogP contribution in [0.4, 0.5) is 0 Å². The molecule has 0 spiro atoms. The van der Waals surface area contributed by atoms with Crippen LogP contribution in [-0.2, 0) is 12.8 Å². The molecule has 124 valence electrons. The molecular weight excluding hydrogens is 538 g/mol. The minimum Gasteiger partial charge on any atom is -0.506 e. The SMILES string of the molecule is O=C(Cc1ccc2c(c1)Cc1ccccc1-2)c1cc(I)cc(I)c1O. The van der Waals surface area contributed by atoms with Gasteiger partial charge in [-0.05, 0) is 91.6 Å². The Labute approximate surface area is 173 Å². The van der Waals surface area contributed by atoms with E-state index in [0.29, 0.717) is 15.6 Å². The molecule has 0 radical (unpaired) electrons. The van der Waals surface area contributed by atoms with Crippen LogP contribution in [0.1, 0.15) is 27.0 Å². The second-order valence-electron chi connectivity index (χ2n) is 6.21. The van der Waals surface area contributed by atoms with Gasteiger partial charge in [-0.1, -0.05) is 42.5 Å². The third-order valence-electron chi connectivity index (χ3n) is 4.55. The number of aromatic hydroxyl groups is 1. The lowest BCUT2D eigenvalue weighted by atomic mass is 9.98. The van der Waals surface area contributed by atoms with E-state index in [0.717, 1.165) is 15.6 Å². The fourth-order valence-corrected chi connectivity index (χ4v) is 5.21. The maximum Gasteiger partial charge on any atom is 0.171 e. The summed E-state index contributed by atoms with van der Waals surface area (Å²) < 4.78 is 1.66. The van der Waals surface area contributed by atoms with Gasteiger partial charge in [-0.2, -0.15) is 0 Å². The molecule has 0 atom stereocenters. The highest BCUT2D eigenvalue weighted by Crippen LogP contribution is 2.37. The van der Waals surface area contributed by atoms with E-state index < -0.39 is 0 Å². The van der Waals surface area contributed by atoms with Crippen molar-refractivity contribution < 1.29 is 9.90 Å². The Morgan fingerprint density at radius 2 is 1.72 bits per heavy atom. The van der Waals surface area contributed by atoms with Gasteiger partial charge in [-0.15, -0.1) is 0 Å². The first kappa shape index (κ1) is 17.0. The Hall–Kier alpha value is -1.41. The summed E-state index contributed by atoms with van der Waals surface area (Å²) >= 11 is 4.23. The molecule has 0 bridgehead atoms. The molecule has 0 aromatic heterocycles. The number of halogens is 2. The minimum atomic E-state index is -0.0515. The van der Waals surface area contributed by atoms with Crippen LogP contribution in [-0.4, -0.2) is 10.9 Å². The van der Waals surface area contributed by atoms with Crippen LogP contribution in [0, 0.1) is 7.14 Å². The van der Waals surface area contributed by atoms with Crippen molar-refractivity contribution in [3.05, 3.63) is 84.0 Å². The molecule has 1 aliphatic carbocycles. The van der Waals surface area contributed by atoms with E-state index in [2.05, 4.69) is 81.6 Å². The van der Waals surface area contributed by atoms with Crippen molar-refractivity contribution in [2.75, 3.05) is 0 Å². The molecule has 0 saturated carbocycles. The lowest BCUT2D eigenvalue weighted by Crippen LogP contribution is -2.05. The molecule has 25 heavy (non-hydrogen) atoms. The van der Waals surface area contributed by atoms with Crippen LogP contribution in [0.5, 0.6) is 5.75 Å². The highest BCUT2D eigenvalue weighted by molar-refractivity contribution is 14.1. The van der Waals surface area contributed by atoms with E-state index in [9.17, 15) is 9.90 Å². The molecule has 0 aliphatic heterocycles. The van der Waals surface area contributed by atoms with E-state index >= 15 is 0 Å². The van der Waals surface area contributed by atoms with Crippen molar-refractivity contribution in [1.29, 1.82) is 0 Å². The van der Waals surface area contributed by atoms with Crippen LogP contribution in [0.3, 0.4) is 0 Å². The zero-order valence-corrected chi connectivity index (χ0v) is 17.5.